The van der Waals surface area contributed by atoms with Crippen LogP contribution in [0.5, 0.6) is 0 Å². The average molecular weight is 512 g/mol. The van der Waals surface area contributed by atoms with Crippen LogP contribution in [0.3, 0.4) is 0 Å². The summed E-state index contributed by atoms with van der Waals surface area (Å²) in [6, 6.07) is 17.0. The molecule has 5 N–H and O–H groups in total. The van der Waals surface area contributed by atoms with Crippen LogP contribution in [0.15, 0.2) is 60.9 Å². The number of rotatable bonds is 8. The van der Waals surface area contributed by atoms with Gasteiger partial charge in [0.1, 0.15) is 11.6 Å². The van der Waals surface area contributed by atoms with Crippen LogP contribution in [0.25, 0.3) is 22.8 Å². The normalized spacial score (nSPS) is 21.3. The number of imidazole rings is 2. The Morgan fingerprint density at radius 2 is 1.13 bits per heavy atom. The highest BCUT2D eigenvalue weighted by atomic mass is 16.5. The number of aromatic amines is 2. The highest BCUT2D eigenvalue weighted by Crippen LogP contribution is 2.31. The van der Waals surface area contributed by atoms with Gasteiger partial charge in [0.25, 0.3) is 0 Å². The quantitative estimate of drug-likeness (QED) is 0.191. The number of hydroxylamine groups is 2. The predicted molar refractivity (Wildman–Crippen MR) is 148 cm³/mol. The summed E-state index contributed by atoms with van der Waals surface area (Å²) < 4.78 is 0. The Morgan fingerprint density at radius 3 is 1.50 bits per heavy atom. The van der Waals surface area contributed by atoms with E-state index < -0.39 is 0 Å². The minimum Gasteiger partial charge on any atom is -0.341 e. The molecule has 4 aromatic rings. The van der Waals surface area contributed by atoms with Crippen molar-refractivity contribution in [2.24, 2.45) is 0 Å². The summed E-state index contributed by atoms with van der Waals surface area (Å²) in [4.78, 5) is 16.1. The first kappa shape index (κ1) is 25.0. The molecule has 198 valence electrons. The molecular weight excluding hydrogens is 474 g/mol. The van der Waals surface area contributed by atoms with Gasteiger partial charge in [-0.2, -0.15) is 5.06 Å². The molecule has 2 aromatic heterocycles. The molecule has 0 aliphatic carbocycles. The molecule has 2 saturated heterocycles. The van der Waals surface area contributed by atoms with E-state index in [0.717, 1.165) is 71.2 Å². The fraction of sp³-hybridized carbons (Fsp3) is 0.400. The zero-order valence-corrected chi connectivity index (χ0v) is 22.1. The average Bonchev–Trinajstić information content (AvgIpc) is 3.78. The Kier molecular flexibility index (Phi) is 7.12. The van der Waals surface area contributed by atoms with Crippen LogP contribution in [0, 0.1) is 0 Å². The van der Waals surface area contributed by atoms with Gasteiger partial charge < -0.3 is 25.8 Å². The van der Waals surface area contributed by atoms with E-state index in [1.165, 1.54) is 17.9 Å². The summed E-state index contributed by atoms with van der Waals surface area (Å²) >= 11 is 0. The summed E-state index contributed by atoms with van der Waals surface area (Å²) in [5.74, 6) is 1.76. The van der Waals surface area contributed by atoms with Crippen LogP contribution >= 0.6 is 0 Å². The molecule has 0 saturated carbocycles. The lowest BCUT2D eigenvalue weighted by atomic mass is 10.0. The van der Waals surface area contributed by atoms with E-state index in [9.17, 15) is 5.21 Å². The van der Waals surface area contributed by atoms with Crippen molar-refractivity contribution in [3.63, 3.8) is 0 Å². The third kappa shape index (κ3) is 5.05. The number of hydrogen-bond acceptors (Lipinski definition) is 6. The molecule has 6 rings (SSSR count). The number of hydrogen-bond donors (Lipinski definition) is 5. The second kappa shape index (κ2) is 10.8. The minimum atomic E-state index is -0.167. The van der Waals surface area contributed by atoms with Crippen LogP contribution in [-0.2, 0) is 0 Å². The molecule has 2 aromatic carbocycles. The Balaban J connectivity index is 1.10. The Bertz CT molecular complexity index is 1230. The maximum Gasteiger partial charge on any atom is 0.137 e. The predicted octanol–water partition coefficient (Wildman–Crippen LogP) is 5.83. The first-order chi connectivity index (χ1) is 18.6. The first-order valence-corrected chi connectivity index (χ1v) is 13.8. The monoisotopic (exact) mass is 511 g/mol. The number of nitrogens with zero attached hydrogens (tertiary/aromatic N) is 3. The van der Waals surface area contributed by atoms with Crippen molar-refractivity contribution in [2.75, 3.05) is 13.1 Å². The zero-order valence-electron chi connectivity index (χ0n) is 22.1. The zero-order chi connectivity index (χ0) is 26.1. The second-order valence-corrected chi connectivity index (χ2v) is 10.6. The molecule has 2 fully saturated rings. The van der Waals surface area contributed by atoms with Crippen molar-refractivity contribution in [2.45, 2.75) is 63.7 Å². The van der Waals surface area contributed by atoms with E-state index in [-0.39, 0.29) is 12.1 Å². The number of benzene rings is 2. The standard InChI is InChI=1S/C30H37N7O/c1-19(21-7-11-23(12-8-21)29-33-17-27(35-29)25-5-3-15-31-25)37(38)20(2)22-9-13-24(14-10-22)30-34-18-28(36-30)26-6-4-16-32-26/h7-14,17-20,25-26,31-32,38H,3-6,15-16H2,1-2H3,(H,33,35)(H,34,36). The SMILES string of the molecule is CC(c1ccc(-c2ncc(C3CCCN3)[nH]2)cc1)N(O)C(C)c1ccc(-c2ncc(C3CCCN3)[nH]2)cc1. The van der Waals surface area contributed by atoms with Crippen LogP contribution in [0.2, 0.25) is 0 Å². The van der Waals surface area contributed by atoms with Crippen LogP contribution in [-0.4, -0.2) is 43.3 Å². The van der Waals surface area contributed by atoms with Crippen molar-refractivity contribution < 1.29 is 5.21 Å². The Morgan fingerprint density at radius 1 is 0.711 bits per heavy atom. The number of nitrogens with one attached hydrogen (secondary N) is 4. The van der Waals surface area contributed by atoms with Gasteiger partial charge in [0, 0.05) is 23.2 Å². The molecule has 0 amide bonds. The van der Waals surface area contributed by atoms with Crippen LogP contribution < -0.4 is 10.6 Å². The maximum absolute atomic E-state index is 11.1. The van der Waals surface area contributed by atoms with Crippen molar-refractivity contribution in [3.05, 3.63) is 83.4 Å². The van der Waals surface area contributed by atoms with Crippen LogP contribution in [0.1, 0.15) is 86.2 Å². The van der Waals surface area contributed by atoms with Gasteiger partial charge in [0.2, 0.25) is 0 Å². The Labute approximate surface area is 223 Å². The smallest absolute Gasteiger partial charge is 0.137 e. The summed E-state index contributed by atoms with van der Waals surface area (Å²) in [5, 5.41) is 19.5. The molecule has 0 spiro atoms. The maximum atomic E-state index is 11.1. The summed E-state index contributed by atoms with van der Waals surface area (Å²) in [5.41, 5.74) is 6.48. The lowest BCUT2D eigenvalue weighted by Gasteiger charge is -2.29. The molecule has 0 radical (unpaired) electrons. The van der Waals surface area contributed by atoms with Gasteiger partial charge >= 0.3 is 0 Å². The molecule has 2 aliphatic heterocycles. The molecule has 2 aliphatic rings. The van der Waals surface area contributed by atoms with Crippen molar-refractivity contribution in [3.8, 4) is 22.8 Å². The molecule has 4 unspecified atom stereocenters. The molecular formula is C30H37N7O. The fourth-order valence-electron chi connectivity index (χ4n) is 5.70. The first-order valence-electron chi connectivity index (χ1n) is 13.8. The van der Waals surface area contributed by atoms with Gasteiger partial charge in [-0.25, -0.2) is 9.97 Å². The van der Waals surface area contributed by atoms with Gasteiger partial charge in [0.05, 0.1) is 35.9 Å². The summed E-state index contributed by atoms with van der Waals surface area (Å²) in [7, 11) is 0. The van der Waals surface area contributed by atoms with Gasteiger partial charge in [-0.1, -0.05) is 48.5 Å². The molecule has 0 bridgehead atoms. The van der Waals surface area contributed by atoms with Crippen molar-refractivity contribution >= 4 is 0 Å². The van der Waals surface area contributed by atoms with Crippen molar-refractivity contribution in [1.29, 1.82) is 0 Å². The molecule has 4 atom stereocenters. The van der Waals surface area contributed by atoms with Crippen molar-refractivity contribution in [1.82, 2.24) is 35.6 Å². The van der Waals surface area contributed by atoms with Gasteiger partial charge in [-0.05, 0) is 63.7 Å². The lowest BCUT2D eigenvalue weighted by molar-refractivity contribution is -0.155. The summed E-state index contributed by atoms with van der Waals surface area (Å²) in [6.07, 6.45) is 8.58. The number of H-pyrrole nitrogens is 2. The topological polar surface area (TPSA) is 105 Å². The van der Waals surface area contributed by atoms with E-state index in [4.69, 9.17) is 0 Å². The highest BCUT2D eigenvalue weighted by Gasteiger charge is 2.23. The highest BCUT2D eigenvalue weighted by molar-refractivity contribution is 5.57. The van der Waals surface area contributed by atoms with Gasteiger partial charge in [-0.15, -0.1) is 0 Å². The van der Waals surface area contributed by atoms with E-state index in [2.05, 4.69) is 79.1 Å². The van der Waals surface area contributed by atoms with Gasteiger partial charge in [-0.3, -0.25) is 0 Å². The fourth-order valence-corrected chi connectivity index (χ4v) is 5.70. The third-order valence-electron chi connectivity index (χ3n) is 8.19. The third-order valence-corrected chi connectivity index (χ3v) is 8.19. The molecule has 8 heteroatoms. The lowest BCUT2D eigenvalue weighted by Crippen LogP contribution is -2.26. The van der Waals surface area contributed by atoms with E-state index in [1.54, 1.807) is 0 Å². The molecule has 38 heavy (non-hydrogen) atoms. The Hall–Kier alpha value is -3.30. The van der Waals surface area contributed by atoms with Crippen LogP contribution in [0.4, 0.5) is 0 Å². The number of aromatic nitrogens is 4. The summed E-state index contributed by atoms with van der Waals surface area (Å²) in [6.45, 7) is 6.18. The van der Waals surface area contributed by atoms with E-state index in [0.29, 0.717) is 12.1 Å². The van der Waals surface area contributed by atoms with E-state index >= 15 is 0 Å². The minimum absolute atomic E-state index is 0.167. The second-order valence-electron chi connectivity index (χ2n) is 10.6. The largest absolute Gasteiger partial charge is 0.341 e. The van der Waals surface area contributed by atoms with Gasteiger partial charge in [0.15, 0.2) is 0 Å². The molecule has 8 nitrogen and oxygen atoms in total. The van der Waals surface area contributed by atoms with E-state index in [1.807, 2.05) is 26.2 Å². The molecule has 4 heterocycles.